The smallest absolute Gasteiger partial charge is 0.245 e. The first kappa shape index (κ1) is 18.0. The molecule has 0 radical (unpaired) electrons. The van der Waals surface area contributed by atoms with E-state index in [1.807, 2.05) is 37.3 Å². The van der Waals surface area contributed by atoms with Crippen molar-refractivity contribution in [3.63, 3.8) is 0 Å². The maximum Gasteiger partial charge on any atom is 0.245 e. The van der Waals surface area contributed by atoms with Crippen molar-refractivity contribution in [2.24, 2.45) is 0 Å². The van der Waals surface area contributed by atoms with Crippen LogP contribution < -0.4 is 10.6 Å². The molecule has 0 saturated carbocycles. The summed E-state index contributed by atoms with van der Waals surface area (Å²) in [6, 6.07) is 9.65. The van der Waals surface area contributed by atoms with Crippen LogP contribution in [0.3, 0.4) is 0 Å². The van der Waals surface area contributed by atoms with Gasteiger partial charge in [0.2, 0.25) is 5.91 Å². The van der Waals surface area contributed by atoms with Crippen LogP contribution in [0.5, 0.6) is 0 Å². The van der Waals surface area contributed by atoms with Crippen LogP contribution in [-0.4, -0.2) is 39.1 Å². The van der Waals surface area contributed by atoms with Crippen LogP contribution in [0.2, 0.25) is 0 Å². The third-order valence-corrected chi connectivity index (χ3v) is 4.61. The second-order valence-electron chi connectivity index (χ2n) is 5.63. The van der Waals surface area contributed by atoms with Crippen molar-refractivity contribution in [2.75, 3.05) is 18.5 Å². The van der Waals surface area contributed by atoms with Gasteiger partial charge in [-0.3, -0.25) is 4.79 Å². The van der Waals surface area contributed by atoms with Crippen LogP contribution in [0.4, 0.5) is 11.6 Å². The molecule has 3 aromatic heterocycles. The molecule has 3 rings (SSSR count). The summed E-state index contributed by atoms with van der Waals surface area (Å²) in [5.41, 5.74) is 1.95. The van der Waals surface area contributed by atoms with Crippen molar-refractivity contribution in [1.29, 1.82) is 0 Å². The molecule has 26 heavy (non-hydrogen) atoms. The lowest BCUT2D eigenvalue weighted by Gasteiger charge is -2.06. The van der Waals surface area contributed by atoms with Gasteiger partial charge in [0.05, 0.1) is 15.6 Å². The van der Waals surface area contributed by atoms with Gasteiger partial charge in [-0.05, 0) is 36.8 Å². The van der Waals surface area contributed by atoms with Gasteiger partial charge in [-0.25, -0.2) is 15.0 Å². The zero-order valence-corrected chi connectivity index (χ0v) is 15.1. The fourth-order valence-electron chi connectivity index (χ4n) is 2.29. The Kier molecular flexibility index (Phi) is 5.88. The molecule has 8 heteroatoms. The standard InChI is InChI=1S/C18H19N5O2S/c1-12-5-7-19-16(9-12)23-15-4-2-3-13(22-15)14-10-21-18(26-14)6-8-20-17(25)11-24/h2-5,7,9-10,24H,6,8,11H2,1H3,(H,20,25)(H,19,22,23). The predicted octanol–water partition coefficient (Wildman–Crippen LogP) is 2.30. The van der Waals surface area contributed by atoms with E-state index in [0.29, 0.717) is 18.8 Å². The fourth-order valence-corrected chi connectivity index (χ4v) is 3.17. The molecule has 3 N–H and O–H groups in total. The maximum absolute atomic E-state index is 11.0. The van der Waals surface area contributed by atoms with Gasteiger partial charge in [0.25, 0.3) is 0 Å². The van der Waals surface area contributed by atoms with Gasteiger partial charge >= 0.3 is 0 Å². The van der Waals surface area contributed by atoms with Crippen molar-refractivity contribution in [1.82, 2.24) is 20.3 Å². The molecular weight excluding hydrogens is 350 g/mol. The molecule has 3 aromatic rings. The Morgan fingerprint density at radius 3 is 2.92 bits per heavy atom. The van der Waals surface area contributed by atoms with Gasteiger partial charge in [0.1, 0.15) is 18.2 Å². The Morgan fingerprint density at radius 2 is 2.12 bits per heavy atom. The number of pyridine rings is 2. The van der Waals surface area contributed by atoms with Crippen LogP contribution in [0, 0.1) is 6.92 Å². The average molecular weight is 369 g/mol. The number of aliphatic hydroxyl groups is 1. The minimum absolute atomic E-state index is 0.382. The minimum Gasteiger partial charge on any atom is -0.387 e. The molecule has 0 spiro atoms. The lowest BCUT2D eigenvalue weighted by atomic mass is 10.3. The second-order valence-corrected chi connectivity index (χ2v) is 6.74. The number of rotatable bonds is 7. The molecule has 1 amide bonds. The number of aliphatic hydroxyl groups excluding tert-OH is 1. The summed E-state index contributed by atoms with van der Waals surface area (Å²) in [7, 11) is 0. The Bertz CT molecular complexity index is 897. The lowest BCUT2D eigenvalue weighted by Crippen LogP contribution is -2.28. The summed E-state index contributed by atoms with van der Waals surface area (Å²) >= 11 is 1.53. The van der Waals surface area contributed by atoms with Crippen molar-refractivity contribution in [3.8, 4) is 10.6 Å². The number of hydrogen-bond donors (Lipinski definition) is 3. The number of aryl methyl sites for hydroxylation is 1. The summed E-state index contributed by atoms with van der Waals surface area (Å²) in [6.07, 6.45) is 4.15. The van der Waals surface area contributed by atoms with Gasteiger partial charge in [0.15, 0.2) is 0 Å². The van der Waals surface area contributed by atoms with E-state index >= 15 is 0 Å². The molecule has 0 bridgehead atoms. The molecule has 3 heterocycles. The number of hydrogen-bond acceptors (Lipinski definition) is 7. The minimum atomic E-state index is -0.497. The quantitative estimate of drug-likeness (QED) is 0.591. The number of anilines is 2. The number of nitrogens with zero attached hydrogens (tertiary/aromatic N) is 3. The van der Waals surface area contributed by atoms with Crippen LogP contribution in [0.15, 0.2) is 42.7 Å². The van der Waals surface area contributed by atoms with E-state index in [1.54, 1.807) is 12.4 Å². The van der Waals surface area contributed by atoms with Crippen molar-refractivity contribution in [3.05, 3.63) is 53.3 Å². The van der Waals surface area contributed by atoms with E-state index in [-0.39, 0.29) is 5.91 Å². The highest BCUT2D eigenvalue weighted by Crippen LogP contribution is 2.26. The number of amides is 1. The Morgan fingerprint density at radius 1 is 1.23 bits per heavy atom. The van der Waals surface area contributed by atoms with Crippen molar-refractivity contribution >= 4 is 28.9 Å². The van der Waals surface area contributed by atoms with Crippen LogP contribution in [0.25, 0.3) is 10.6 Å². The molecule has 7 nitrogen and oxygen atoms in total. The lowest BCUT2D eigenvalue weighted by molar-refractivity contribution is -0.123. The van der Waals surface area contributed by atoms with Crippen molar-refractivity contribution in [2.45, 2.75) is 13.3 Å². The van der Waals surface area contributed by atoms with Crippen LogP contribution in [-0.2, 0) is 11.2 Å². The van der Waals surface area contributed by atoms with E-state index in [0.717, 1.165) is 27.0 Å². The molecular formula is C18H19N5O2S. The molecule has 0 aromatic carbocycles. The van der Waals surface area contributed by atoms with Crippen molar-refractivity contribution < 1.29 is 9.90 Å². The zero-order valence-electron chi connectivity index (χ0n) is 14.3. The number of nitrogens with one attached hydrogen (secondary N) is 2. The van der Waals surface area contributed by atoms with Gasteiger partial charge in [-0.1, -0.05) is 6.07 Å². The van der Waals surface area contributed by atoms with Gasteiger partial charge in [-0.15, -0.1) is 11.3 Å². The van der Waals surface area contributed by atoms with E-state index in [9.17, 15) is 4.79 Å². The third-order valence-electron chi connectivity index (χ3n) is 3.53. The van der Waals surface area contributed by atoms with Gasteiger partial charge in [0, 0.05) is 25.4 Å². The maximum atomic E-state index is 11.0. The first-order valence-corrected chi connectivity index (χ1v) is 8.95. The summed E-state index contributed by atoms with van der Waals surface area (Å²) in [5.74, 6) is 1.08. The molecule has 0 saturated heterocycles. The average Bonchev–Trinajstić information content (AvgIpc) is 3.11. The summed E-state index contributed by atoms with van der Waals surface area (Å²) in [4.78, 5) is 25.3. The highest BCUT2D eigenvalue weighted by Gasteiger charge is 2.08. The first-order valence-electron chi connectivity index (χ1n) is 8.13. The van der Waals surface area contributed by atoms with E-state index in [2.05, 4.69) is 25.6 Å². The van der Waals surface area contributed by atoms with Crippen LogP contribution in [0.1, 0.15) is 10.6 Å². The molecule has 0 unspecified atom stereocenters. The fraction of sp³-hybridized carbons (Fsp3) is 0.222. The molecule has 0 aliphatic heterocycles. The number of aromatic nitrogens is 3. The van der Waals surface area contributed by atoms with E-state index in [1.165, 1.54) is 11.3 Å². The Labute approximate surface area is 155 Å². The first-order chi connectivity index (χ1) is 12.6. The topological polar surface area (TPSA) is 100 Å². The predicted molar refractivity (Wildman–Crippen MR) is 101 cm³/mol. The summed E-state index contributed by atoms with van der Waals surface area (Å²) < 4.78 is 0. The zero-order chi connectivity index (χ0) is 18.4. The molecule has 0 fully saturated rings. The SMILES string of the molecule is Cc1ccnc(Nc2cccc(-c3cnc(CCNC(=O)CO)s3)n2)c1. The molecule has 0 atom stereocenters. The summed E-state index contributed by atoms with van der Waals surface area (Å²) in [5, 5.41) is 15.4. The Hall–Kier alpha value is -2.84. The van der Waals surface area contributed by atoms with E-state index < -0.39 is 6.61 Å². The third kappa shape index (κ3) is 4.84. The largest absolute Gasteiger partial charge is 0.387 e. The molecule has 0 aliphatic carbocycles. The van der Waals surface area contributed by atoms with Gasteiger partial charge in [-0.2, -0.15) is 0 Å². The number of carbonyl (C=O) groups excluding carboxylic acids is 1. The molecule has 0 aliphatic rings. The summed E-state index contributed by atoms with van der Waals surface area (Å²) in [6.45, 7) is 1.96. The highest BCUT2D eigenvalue weighted by molar-refractivity contribution is 7.15. The normalized spacial score (nSPS) is 10.5. The van der Waals surface area contributed by atoms with Crippen LogP contribution >= 0.6 is 11.3 Å². The molecule has 134 valence electrons. The van der Waals surface area contributed by atoms with E-state index in [4.69, 9.17) is 5.11 Å². The number of thiazole rings is 1. The Balaban J connectivity index is 1.67. The van der Waals surface area contributed by atoms with Gasteiger partial charge < -0.3 is 15.7 Å². The highest BCUT2D eigenvalue weighted by atomic mass is 32.1. The monoisotopic (exact) mass is 369 g/mol. The number of carbonyl (C=O) groups is 1. The second kappa shape index (κ2) is 8.50.